The molecule has 1 heterocycles. The van der Waals surface area contributed by atoms with Gasteiger partial charge < -0.3 is 14.4 Å². The van der Waals surface area contributed by atoms with Crippen molar-refractivity contribution in [3.8, 4) is 5.75 Å². The fraction of sp³-hybridized carbons (Fsp3) is 0.500. The van der Waals surface area contributed by atoms with Gasteiger partial charge in [-0.25, -0.2) is 0 Å². The second-order valence-corrected chi connectivity index (χ2v) is 4.84. The Morgan fingerprint density at radius 2 is 2.00 bits per heavy atom. The summed E-state index contributed by atoms with van der Waals surface area (Å²) in [5.41, 5.74) is 0.754. The fourth-order valence-electron chi connectivity index (χ4n) is 2.08. The van der Waals surface area contributed by atoms with Crippen molar-refractivity contribution >= 4 is 5.91 Å². The summed E-state index contributed by atoms with van der Waals surface area (Å²) in [6.45, 7) is -0.875. The summed E-state index contributed by atoms with van der Waals surface area (Å²) in [5, 5.41) is 0. The summed E-state index contributed by atoms with van der Waals surface area (Å²) in [4.78, 5) is 13.5. The topological polar surface area (TPSA) is 38.8 Å². The minimum absolute atomic E-state index is 0.147. The van der Waals surface area contributed by atoms with E-state index in [1.165, 1.54) is 12.0 Å². The number of hydrogen-bond donors (Lipinski definition) is 0. The van der Waals surface area contributed by atoms with Crippen molar-refractivity contribution in [1.29, 1.82) is 0 Å². The Morgan fingerprint density at radius 3 is 2.62 bits per heavy atom. The smallest absolute Gasteiger partial charge is 0.411 e. The number of para-hydroxylation sites is 1. The number of hydrogen-bond acceptors (Lipinski definition) is 3. The van der Waals surface area contributed by atoms with Gasteiger partial charge in [0, 0.05) is 18.7 Å². The molecule has 0 unspecified atom stereocenters. The van der Waals surface area contributed by atoms with Crippen LogP contribution < -0.4 is 4.74 Å². The molecule has 1 fully saturated rings. The molecule has 0 spiro atoms. The maximum absolute atomic E-state index is 12.0. The van der Waals surface area contributed by atoms with Crippen LogP contribution in [0.2, 0.25) is 0 Å². The van der Waals surface area contributed by atoms with Gasteiger partial charge in [0.05, 0.1) is 19.6 Å². The average molecular weight is 303 g/mol. The van der Waals surface area contributed by atoms with Gasteiger partial charge in [0.2, 0.25) is 5.91 Å². The quantitative estimate of drug-likeness (QED) is 0.835. The van der Waals surface area contributed by atoms with Crippen LogP contribution in [-0.4, -0.2) is 49.9 Å². The van der Waals surface area contributed by atoms with Crippen molar-refractivity contribution in [2.75, 3.05) is 26.8 Å². The number of methoxy groups -OCH3 is 1. The summed E-state index contributed by atoms with van der Waals surface area (Å²) in [6.07, 6.45) is -4.70. The Balaban J connectivity index is 1.79. The van der Waals surface area contributed by atoms with Crippen LogP contribution in [0.25, 0.3) is 0 Å². The summed E-state index contributed by atoms with van der Waals surface area (Å²) >= 11 is 0. The van der Waals surface area contributed by atoms with E-state index in [0.29, 0.717) is 5.75 Å². The average Bonchev–Trinajstić information content (AvgIpc) is 2.36. The highest BCUT2D eigenvalue weighted by Crippen LogP contribution is 2.22. The van der Waals surface area contributed by atoms with E-state index < -0.39 is 18.9 Å². The molecule has 1 saturated heterocycles. The van der Waals surface area contributed by atoms with Crippen LogP contribution in [0.1, 0.15) is 5.56 Å². The maximum atomic E-state index is 12.0. The first-order chi connectivity index (χ1) is 9.89. The Morgan fingerprint density at radius 1 is 1.33 bits per heavy atom. The summed E-state index contributed by atoms with van der Waals surface area (Å²) in [7, 11) is 1.52. The third-order valence-corrected chi connectivity index (χ3v) is 3.22. The highest BCUT2D eigenvalue weighted by Gasteiger charge is 2.35. The van der Waals surface area contributed by atoms with Crippen molar-refractivity contribution in [3.63, 3.8) is 0 Å². The first-order valence-electron chi connectivity index (χ1n) is 6.47. The van der Waals surface area contributed by atoms with Crippen molar-refractivity contribution in [2.45, 2.75) is 18.7 Å². The van der Waals surface area contributed by atoms with Crippen molar-refractivity contribution < 1.29 is 27.4 Å². The number of halogens is 3. The van der Waals surface area contributed by atoms with Crippen LogP contribution in [0.15, 0.2) is 24.3 Å². The van der Waals surface area contributed by atoms with Crippen LogP contribution in [0.3, 0.4) is 0 Å². The lowest BCUT2D eigenvalue weighted by atomic mass is 10.1. The zero-order chi connectivity index (χ0) is 15.5. The van der Waals surface area contributed by atoms with E-state index in [1.54, 1.807) is 24.3 Å². The van der Waals surface area contributed by atoms with Gasteiger partial charge >= 0.3 is 6.18 Å². The molecule has 1 aliphatic heterocycles. The molecule has 0 atom stereocenters. The van der Waals surface area contributed by atoms with Crippen LogP contribution in [0.4, 0.5) is 13.2 Å². The Kier molecular flexibility index (Phi) is 4.72. The second-order valence-electron chi connectivity index (χ2n) is 4.84. The van der Waals surface area contributed by atoms with E-state index >= 15 is 0 Å². The van der Waals surface area contributed by atoms with Crippen molar-refractivity contribution in [1.82, 2.24) is 4.90 Å². The van der Waals surface area contributed by atoms with Gasteiger partial charge in [-0.2, -0.15) is 13.2 Å². The third-order valence-electron chi connectivity index (χ3n) is 3.22. The standard InChI is InChI=1S/C14H16F3NO3/c1-20-12-5-3-2-4-10(12)6-13(19)18-7-11(8-18)21-9-14(15,16)17/h2-5,11H,6-9H2,1H3. The highest BCUT2D eigenvalue weighted by molar-refractivity contribution is 5.80. The Hall–Kier alpha value is -1.76. The number of rotatable bonds is 5. The molecule has 1 aromatic rings. The minimum atomic E-state index is -4.33. The van der Waals surface area contributed by atoms with E-state index in [2.05, 4.69) is 4.74 Å². The van der Waals surface area contributed by atoms with Crippen LogP contribution in [-0.2, 0) is 16.0 Å². The van der Waals surface area contributed by atoms with E-state index in [4.69, 9.17) is 4.74 Å². The van der Waals surface area contributed by atoms with Gasteiger partial charge in [-0.1, -0.05) is 18.2 Å². The van der Waals surface area contributed by atoms with Crippen molar-refractivity contribution in [3.05, 3.63) is 29.8 Å². The monoisotopic (exact) mass is 303 g/mol. The molecular formula is C14H16F3NO3. The number of nitrogens with zero attached hydrogens (tertiary/aromatic N) is 1. The lowest BCUT2D eigenvalue weighted by molar-refractivity contribution is -0.199. The largest absolute Gasteiger partial charge is 0.496 e. The van der Waals surface area contributed by atoms with Crippen molar-refractivity contribution in [2.24, 2.45) is 0 Å². The molecule has 0 N–H and O–H groups in total. The van der Waals surface area contributed by atoms with Gasteiger partial charge in [0.15, 0.2) is 0 Å². The first kappa shape index (κ1) is 15.6. The Bertz CT molecular complexity index is 498. The van der Waals surface area contributed by atoms with Crippen LogP contribution >= 0.6 is 0 Å². The van der Waals surface area contributed by atoms with Gasteiger partial charge in [-0.05, 0) is 6.07 Å². The second kappa shape index (κ2) is 6.34. The van der Waals surface area contributed by atoms with Gasteiger partial charge in [-0.15, -0.1) is 0 Å². The van der Waals surface area contributed by atoms with Gasteiger partial charge in [0.1, 0.15) is 12.4 Å². The molecule has 4 nitrogen and oxygen atoms in total. The molecule has 1 aliphatic rings. The number of amides is 1. The van der Waals surface area contributed by atoms with Crippen LogP contribution in [0.5, 0.6) is 5.75 Å². The minimum Gasteiger partial charge on any atom is -0.496 e. The molecule has 0 saturated carbocycles. The van der Waals surface area contributed by atoms with E-state index in [9.17, 15) is 18.0 Å². The van der Waals surface area contributed by atoms with Gasteiger partial charge in [-0.3, -0.25) is 4.79 Å². The molecule has 0 aromatic heterocycles. The van der Waals surface area contributed by atoms with Gasteiger partial charge in [0.25, 0.3) is 0 Å². The third kappa shape index (κ3) is 4.35. The predicted octanol–water partition coefficient (Wildman–Crippen LogP) is 2.03. The summed E-state index contributed by atoms with van der Waals surface area (Å²) < 4.78 is 45.8. The number of ether oxygens (including phenoxy) is 2. The summed E-state index contributed by atoms with van der Waals surface area (Å²) in [5.74, 6) is 0.475. The number of likely N-dealkylation sites (tertiary alicyclic amines) is 1. The summed E-state index contributed by atoms with van der Waals surface area (Å²) in [6, 6.07) is 7.15. The van der Waals surface area contributed by atoms with Crippen LogP contribution in [0, 0.1) is 0 Å². The lowest BCUT2D eigenvalue weighted by Gasteiger charge is -2.39. The molecule has 116 valence electrons. The molecule has 2 rings (SSSR count). The first-order valence-corrected chi connectivity index (χ1v) is 6.47. The maximum Gasteiger partial charge on any atom is 0.411 e. The SMILES string of the molecule is COc1ccccc1CC(=O)N1CC(OCC(F)(F)F)C1. The molecule has 0 bridgehead atoms. The fourth-order valence-corrected chi connectivity index (χ4v) is 2.08. The number of carbonyl (C=O) groups is 1. The zero-order valence-corrected chi connectivity index (χ0v) is 11.5. The van der Waals surface area contributed by atoms with E-state index in [0.717, 1.165) is 5.56 Å². The highest BCUT2D eigenvalue weighted by atomic mass is 19.4. The lowest BCUT2D eigenvalue weighted by Crippen LogP contribution is -2.55. The number of benzene rings is 1. The normalized spacial score (nSPS) is 15.7. The molecule has 1 aromatic carbocycles. The number of carbonyl (C=O) groups excluding carboxylic acids is 1. The van der Waals surface area contributed by atoms with E-state index in [-0.39, 0.29) is 25.4 Å². The molecule has 0 radical (unpaired) electrons. The molecule has 7 heteroatoms. The number of alkyl halides is 3. The molecule has 21 heavy (non-hydrogen) atoms. The Labute approximate surface area is 120 Å². The predicted molar refractivity (Wildman–Crippen MR) is 69.1 cm³/mol. The van der Waals surface area contributed by atoms with E-state index in [1.807, 2.05) is 0 Å². The molecule has 1 amide bonds. The zero-order valence-electron chi connectivity index (χ0n) is 11.5. The molecule has 0 aliphatic carbocycles. The molecular weight excluding hydrogens is 287 g/mol.